The van der Waals surface area contributed by atoms with Crippen LogP contribution in [0.4, 0.5) is 0 Å². The Morgan fingerprint density at radius 1 is 0.724 bits per heavy atom. The second kappa shape index (κ2) is 12.0. The molecule has 0 radical (unpaired) electrons. The molecular weight excluding hydrogens is 368 g/mol. The number of benzene rings is 2. The van der Waals surface area contributed by atoms with Gasteiger partial charge in [-0.2, -0.15) is 0 Å². The zero-order chi connectivity index (χ0) is 20.9. The molecule has 0 aromatic heterocycles. The fourth-order valence-corrected chi connectivity index (χ4v) is 2.40. The highest BCUT2D eigenvalue weighted by Gasteiger charge is 1.98. The average molecular weight is 394 g/mol. The Morgan fingerprint density at radius 3 is 1.45 bits per heavy atom. The van der Waals surface area contributed by atoms with Gasteiger partial charge in [0.15, 0.2) is 0 Å². The molecule has 2 amide bonds. The van der Waals surface area contributed by atoms with E-state index in [4.69, 9.17) is 9.47 Å². The van der Waals surface area contributed by atoms with Gasteiger partial charge in [0.25, 0.3) is 0 Å². The first-order valence-corrected chi connectivity index (χ1v) is 9.30. The summed E-state index contributed by atoms with van der Waals surface area (Å²) in [6.07, 6.45) is 7.08. The van der Waals surface area contributed by atoms with Gasteiger partial charge in [-0.25, -0.2) is 0 Å². The highest BCUT2D eigenvalue weighted by Crippen LogP contribution is 2.13. The Hall–Kier alpha value is -3.54. The molecule has 152 valence electrons. The van der Waals surface area contributed by atoms with Crippen molar-refractivity contribution in [3.05, 3.63) is 71.8 Å². The van der Waals surface area contributed by atoms with Crippen LogP contribution in [0.3, 0.4) is 0 Å². The first-order chi connectivity index (χ1) is 14.1. The van der Waals surface area contributed by atoms with E-state index in [0.717, 1.165) is 22.6 Å². The predicted octanol–water partition coefficient (Wildman–Crippen LogP) is 3.05. The van der Waals surface area contributed by atoms with E-state index in [1.165, 1.54) is 12.2 Å². The summed E-state index contributed by atoms with van der Waals surface area (Å²) in [5.41, 5.74) is 1.83. The van der Waals surface area contributed by atoms with E-state index in [1.807, 2.05) is 48.5 Å². The molecule has 2 N–H and O–H groups in total. The van der Waals surface area contributed by atoms with Crippen molar-refractivity contribution in [2.24, 2.45) is 0 Å². The van der Waals surface area contributed by atoms with Gasteiger partial charge in [-0.3, -0.25) is 9.59 Å². The van der Waals surface area contributed by atoms with Crippen LogP contribution < -0.4 is 20.1 Å². The molecule has 2 aromatic rings. The van der Waals surface area contributed by atoms with Gasteiger partial charge in [0, 0.05) is 25.2 Å². The van der Waals surface area contributed by atoms with E-state index in [-0.39, 0.29) is 11.8 Å². The number of carbonyl (C=O) groups is 2. The second-order valence-electron chi connectivity index (χ2n) is 6.15. The highest BCUT2D eigenvalue weighted by atomic mass is 16.5. The Bertz CT molecular complexity index is 769. The molecule has 0 aliphatic carbocycles. The summed E-state index contributed by atoms with van der Waals surface area (Å²) in [4.78, 5) is 23.6. The van der Waals surface area contributed by atoms with Gasteiger partial charge < -0.3 is 20.1 Å². The summed E-state index contributed by atoms with van der Waals surface area (Å²) in [5.74, 6) is 1.19. The summed E-state index contributed by atoms with van der Waals surface area (Å²) < 4.78 is 10.2. The monoisotopic (exact) mass is 394 g/mol. The zero-order valence-electron chi connectivity index (χ0n) is 16.7. The minimum atomic E-state index is -0.174. The Morgan fingerprint density at radius 2 is 1.10 bits per heavy atom. The lowest BCUT2D eigenvalue weighted by Crippen LogP contribution is -2.28. The van der Waals surface area contributed by atoms with Gasteiger partial charge in [0.1, 0.15) is 11.5 Å². The van der Waals surface area contributed by atoms with Crippen LogP contribution in [0.15, 0.2) is 60.7 Å². The summed E-state index contributed by atoms with van der Waals surface area (Å²) in [6.45, 7) is 0.961. The highest BCUT2D eigenvalue weighted by molar-refractivity contribution is 5.92. The Kier molecular flexibility index (Phi) is 9.02. The maximum atomic E-state index is 11.8. The average Bonchev–Trinajstić information content (AvgIpc) is 2.76. The number of amides is 2. The Balaban J connectivity index is 1.61. The van der Waals surface area contributed by atoms with Crippen LogP contribution in [-0.4, -0.2) is 39.1 Å². The molecule has 6 nitrogen and oxygen atoms in total. The number of hydrogen-bond acceptors (Lipinski definition) is 4. The van der Waals surface area contributed by atoms with Crippen molar-refractivity contribution in [1.29, 1.82) is 0 Å². The fraction of sp³-hybridized carbons (Fsp3) is 0.217. The third-order valence-electron chi connectivity index (χ3n) is 4.04. The first kappa shape index (κ1) is 21.8. The van der Waals surface area contributed by atoms with Crippen LogP contribution in [0.1, 0.15) is 17.5 Å². The van der Waals surface area contributed by atoms with Crippen molar-refractivity contribution >= 4 is 24.0 Å². The minimum absolute atomic E-state index is 0.174. The standard InChI is InChI=1S/C23H26N2O4/c1-28-20-10-4-18(5-11-20)8-14-22(26)24-16-3-17-25-23(27)15-9-19-6-12-21(29-2)13-7-19/h4-15H,3,16-17H2,1-2H3,(H,24,26)(H,25,27)/b14-8+,15-9+. The molecule has 2 aromatic carbocycles. The van der Waals surface area contributed by atoms with Crippen LogP contribution in [0.25, 0.3) is 12.2 Å². The summed E-state index contributed by atoms with van der Waals surface area (Å²) in [5, 5.41) is 5.57. The molecule has 0 fully saturated rings. The predicted molar refractivity (Wildman–Crippen MR) is 115 cm³/mol. The molecular formula is C23H26N2O4. The fourth-order valence-electron chi connectivity index (χ4n) is 2.40. The van der Waals surface area contributed by atoms with Gasteiger partial charge in [0.2, 0.25) is 11.8 Å². The van der Waals surface area contributed by atoms with Gasteiger partial charge in [-0.05, 0) is 54.0 Å². The van der Waals surface area contributed by atoms with E-state index in [9.17, 15) is 9.59 Å². The molecule has 0 spiro atoms. The van der Waals surface area contributed by atoms with E-state index in [1.54, 1.807) is 26.4 Å². The molecule has 0 bridgehead atoms. The van der Waals surface area contributed by atoms with Gasteiger partial charge >= 0.3 is 0 Å². The molecule has 0 aliphatic rings. The third-order valence-corrected chi connectivity index (χ3v) is 4.04. The number of ether oxygens (including phenoxy) is 2. The maximum Gasteiger partial charge on any atom is 0.244 e. The van der Waals surface area contributed by atoms with E-state index >= 15 is 0 Å². The number of carbonyl (C=O) groups excluding carboxylic acids is 2. The van der Waals surface area contributed by atoms with Gasteiger partial charge in [0.05, 0.1) is 14.2 Å². The smallest absolute Gasteiger partial charge is 0.244 e. The lowest BCUT2D eigenvalue weighted by Gasteiger charge is -2.04. The van der Waals surface area contributed by atoms with Gasteiger partial charge in [-0.15, -0.1) is 0 Å². The van der Waals surface area contributed by atoms with Crippen LogP contribution >= 0.6 is 0 Å². The molecule has 0 saturated carbocycles. The molecule has 0 aliphatic heterocycles. The normalized spacial score (nSPS) is 10.8. The van der Waals surface area contributed by atoms with Crippen LogP contribution in [0.5, 0.6) is 11.5 Å². The van der Waals surface area contributed by atoms with Crippen molar-refractivity contribution in [3.8, 4) is 11.5 Å². The molecule has 0 saturated heterocycles. The van der Waals surface area contributed by atoms with Gasteiger partial charge in [-0.1, -0.05) is 24.3 Å². The molecule has 0 heterocycles. The molecule has 6 heteroatoms. The molecule has 2 rings (SSSR count). The lowest BCUT2D eigenvalue weighted by atomic mass is 10.2. The third kappa shape index (κ3) is 8.34. The largest absolute Gasteiger partial charge is 0.497 e. The van der Waals surface area contributed by atoms with Crippen molar-refractivity contribution in [2.45, 2.75) is 6.42 Å². The number of nitrogens with one attached hydrogen (secondary N) is 2. The second-order valence-corrected chi connectivity index (χ2v) is 6.15. The van der Waals surface area contributed by atoms with Crippen molar-refractivity contribution < 1.29 is 19.1 Å². The maximum absolute atomic E-state index is 11.8. The van der Waals surface area contributed by atoms with E-state index in [2.05, 4.69) is 10.6 Å². The quantitative estimate of drug-likeness (QED) is 0.480. The molecule has 0 atom stereocenters. The van der Waals surface area contributed by atoms with Crippen LogP contribution in [0, 0.1) is 0 Å². The summed E-state index contributed by atoms with van der Waals surface area (Å²) >= 11 is 0. The number of rotatable bonds is 10. The minimum Gasteiger partial charge on any atom is -0.497 e. The number of methoxy groups -OCH3 is 2. The van der Waals surface area contributed by atoms with Crippen molar-refractivity contribution in [3.63, 3.8) is 0 Å². The van der Waals surface area contributed by atoms with E-state index in [0.29, 0.717) is 19.5 Å². The number of hydrogen-bond donors (Lipinski definition) is 2. The zero-order valence-corrected chi connectivity index (χ0v) is 16.7. The van der Waals surface area contributed by atoms with Crippen LogP contribution in [-0.2, 0) is 9.59 Å². The van der Waals surface area contributed by atoms with E-state index < -0.39 is 0 Å². The lowest BCUT2D eigenvalue weighted by molar-refractivity contribution is -0.116. The topological polar surface area (TPSA) is 76.7 Å². The molecule has 29 heavy (non-hydrogen) atoms. The summed E-state index contributed by atoms with van der Waals surface area (Å²) in [6, 6.07) is 14.8. The Labute approximate surface area is 171 Å². The summed E-state index contributed by atoms with van der Waals surface area (Å²) in [7, 11) is 3.22. The van der Waals surface area contributed by atoms with Crippen LogP contribution in [0.2, 0.25) is 0 Å². The SMILES string of the molecule is COc1ccc(/C=C/C(=O)NCCCNC(=O)/C=C/c2ccc(OC)cc2)cc1. The van der Waals surface area contributed by atoms with Crippen molar-refractivity contribution in [1.82, 2.24) is 10.6 Å². The van der Waals surface area contributed by atoms with Crippen molar-refractivity contribution in [2.75, 3.05) is 27.3 Å². The molecule has 0 unspecified atom stereocenters. The first-order valence-electron chi connectivity index (χ1n) is 9.30.